The fourth-order valence-electron chi connectivity index (χ4n) is 3.26. The van der Waals surface area contributed by atoms with Crippen LogP contribution in [0.2, 0.25) is 0 Å². The van der Waals surface area contributed by atoms with Crippen LogP contribution in [0.4, 0.5) is 0 Å². The predicted molar refractivity (Wildman–Crippen MR) is 96.8 cm³/mol. The van der Waals surface area contributed by atoms with Gasteiger partial charge in [-0.25, -0.2) is 0 Å². The first-order chi connectivity index (χ1) is 12.5. The molecule has 3 atom stereocenters. The molecular formula is C20H24N2O4. The summed E-state index contributed by atoms with van der Waals surface area (Å²) in [6, 6.07) is 9.40. The van der Waals surface area contributed by atoms with Crippen molar-refractivity contribution in [2.75, 3.05) is 13.1 Å². The average Bonchev–Trinajstić information content (AvgIpc) is 3.21. The van der Waals surface area contributed by atoms with Crippen molar-refractivity contribution < 1.29 is 19.1 Å². The molecule has 3 rings (SSSR count). The number of carbonyl (C=O) groups excluding carboxylic acids is 2. The van der Waals surface area contributed by atoms with Gasteiger partial charge in [0, 0.05) is 19.5 Å². The number of nitrogens with zero attached hydrogens (tertiary/aromatic N) is 1. The van der Waals surface area contributed by atoms with Gasteiger partial charge in [0.2, 0.25) is 5.91 Å². The summed E-state index contributed by atoms with van der Waals surface area (Å²) >= 11 is 0. The van der Waals surface area contributed by atoms with Crippen LogP contribution in [0, 0.1) is 6.92 Å². The molecule has 2 N–H and O–H groups in total. The molecule has 0 spiro atoms. The normalized spacial score (nSPS) is 20.8. The number of hydrogen-bond donors (Lipinski definition) is 2. The van der Waals surface area contributed by atoms with Crippen LogP contribution in [-0.2, 0) is 4.79 Å². The molecule has 1 aliphatic heterocycles. The van der Waals surface area contributed by atoms with Crippen molar-refractivity contribution >= 4 is 11.8 Å². The summed E-state index contributed by atoms with van der Waals surface area (Å²) in [6.07, 6.45) is 2.48. The molecule has 0 aliphatic carbocycles. The zero-order chi connectivity index (χ0) is 18.7. The SMILES string of the molecule is Cc1cocc1C(=O)N[C@@H]1CN(C(=O)CC(C)c2ccccc2)C[C@H]1O. The zero-order valence-electron chi connectivity index (χ0n) is 15.0. The monoisotopic (exact) mass is 356 g/mol. The molecule has 6 heteroatoms. The molecule has 1 aromatic heterocycles. The Morgan fingerprint density at radius 3 is 2.65 bits per heavy atom. The molecule has 1 saturated heterocycles. The van der Waals surface area contributed by atoms with Gasteiger partial charge in [0.1, 0.15) is 6.26 Å². The van der Waals surface area contributed by atoms with Gasteiger partial charge in [-0.15, -0.1) is 0 Å². The van der Waals surface area contributed by atoms with E-state index in [1.165, 1.54) is 12.5 Å². The number of rotatable bonds is 5. The van der Waals surface area contributed by atoms with Crippen molar-refractivity contribution in [3.05, 3.63) is 59.5 Å². The number of hydrogen-bond acceptors (Lipinski definition) is 4. The topological polar surface area (TPSA) is 82.8 Å². The Hall–Kier alpha value is -2.60. The largest absolute Gasteiger partial charge is 0.471 e. The van der Waals surface area contributed by atoms with Gasteiger partial charge in [0.15, 0.2) is 0 Å². The maximum Gasteiger partial charge on any atom is 0.255 e. The van der Waals surface area contributed by atoms with Crippen LogP contribution in [0.15, 0.2) is 47.3 Å². The van der Waals surface area contributed by atoms with Gasteiger partial charge in [-0.1, -0.05) is 37.3 Å². The van der Waals surface area contributed by atoms with Gasteiger partial charge >= 0.3 is 0 Å². The fourth-order valence-corrected chi connectivity index (χ4v) is 3.26. The zero-order valence-corrected chi connectivity index (χ0v) is 15.0. The van der Waals surface area contributed by atoms with E-state index in [1.54, 1.807) is 11.8 Å². The molecule has 0 saturated carbocycles. The third-order valence-corrected chi connectivity index (χ3v) is 4.91. The summed E-state index contributed by atoms with van der Waals surface area (Å²) < 4.78 is 5.01. The fraction of sp³-hybridized carbons (Fsp3) is 0.400. The molecule has 26 heavy (non-hydrogen) atoms. The maximum absolute atomic E-state index is 12.6. The summed E-state index contributed by atoms with van der Waals surface area (Å²) in [7, 11) is 0. The molecule has 1 aliphatic rings. The number of likely N-dealkylation sites (tertiary alicyclic amines) is 1. The van der Waals surface area contributed by atoms with E-state index < -0.39 is 12.1 Å². The smallest absolute Gasteiger partial charge is 0.255 e. The highest BCUT2D eigenvalue weighted by molar-refractivity contribution is 5.95. The molecule has 2 heterocycles. The maximum atomic E-state index is 12.6. The Bertz CT molecular complexity index is 771. The Morgan fingerprint density at radius 2 is 2.00 bits per heavy atom. The van der Waals surface area contributed by atoms with E-state index >= 15 is 0 Å². The summed E-state index contributed by atoms with van der Waals surface area (Å²) in [4.78, 5) is 26.5. The molecular weight excluding hydrogens is 332 g/mol. The molecule has 2 amide bonds. The number of amides is 2. The Kier molecular flexibility index (Phi) is 5.42. The minimum atomic E-state index is -0.776. The van der Waals surface area contributed by atoms with E-state index in [9.17, 15) is 14.7 Å². The van der Waals surface area contributed by atoms with Crippen LogP contribution in [0.5, 0.6) is 0 Å². The van der Waals surface area contributed by atoms with Gasteiger partial charge in [0.25, 0.3) is 5.91 Å². The molecule has 138 valence electrons. The molecule has 0 radical (unpaired) electrons. The highest BCUT2D eigenvalue weighted by Gasteiger charge is 2.35. The average molecular weight is 356 g/mol. The second kappa shape index (κ2) is 7.74. The Labute approximate surface area is 152 Å². The molecule has 6 nitrogen and oxygen atoms in total. The van der Waals surface area contributed by atoms with E-state index in [-0.39, 0.29) is 24.3 Å². The lowest BCUT2D eigenvalue weighted by molar-refractivity contribution is -0.130. The second-order valence-electron chi connectivity index (χ2n) is 6.93. The van der Waals surface area contributed by atoms with Gasteiger partial charge < -0.3 is 19.7 Å². The number of aliphatic hydroxyl groups is 1. The molecule has 1 unspecified atom stereocenters. The second-order valence-corrected chi connectivity index (χ2v) is 6.93. The van der Waals surface area contributed by atoms with Crippen molar-refractivity contribution in [1.82, 2.24) is 10.2 Å². The third kappa shape index (κ3) is 3.96. The predicted octanol–water partition coefficient (Wildman–Crippen LogP) is 2.08. The first kappa shape index (κ1) is 18.2. The van der Waals surface area contributed by atoms with Gasteiger partial charge in [-0.3, -0.25) is 9.59 Å². The van der Waals surface area contributed by atoms with E-state index in [4.69, 9.17) is 4.42 Å². The van der Waals surface area contributed by atoms with Gasteiger partial charge in [0.05, 0.1) is 24.0 Å². The molecule has 0 bridgehead atoms. The number of β-amino-alcohol motifs (C(OH)–C–C–N with tert-alkyl or cyclic N) is 1. The van der Waals surface area contributed by atoms with Gasteiger partial charge in [-0.2, -0.15) is 0 Å². The Balaban J connectivity index is 1.57. The van der Waals surface area contributed by atoms with Crippen molar-refractivity contribution in [2.24, 2.45) is 0 Å². The van der Waals surface area contributed by atoms with Crippen LogP contribution in [0.25, 0.3) is 0 Å². The summed E-state index contributed by atoms with van der Waals surface area (Å²) in [5.74, 6) is -0.216. The van der Waals surface area contributed by atoms with Crippen LogP contribution >= 0.6 is 0 Å². The number of aryl methyl sites for hydroxylation is 1. The highest BCUT2D eigenvalue weighted by Crippen LogP contribution is 2.21. The van der Waals surface area contributed by atoms with E-state index in [0.717, 1.165) is 11.1 Å². The molecule has 2 aromatic rings. The minimum absolute atomic E-state index is 0.0170. The number of aliphatic hydroxyl groups excluding tert-OH is 1. The van der Waals surface area contributed by atoms with Crippen molar-refractivity contribution in [2.45, 2.75) is 38.3 Å². The number of carbonyl (C=O) groups is 2. The van der Waals surface area contributed by atoms with Crippen molar-refractivity contribution in [3.63, 3.8) is 0 Å². The van der Waals surface area contributed by atoms with Crippen LogP contribution < -0.4 is 5.32 Å². The standard InChI is InChI=1S/C20H24N2O4/c1-13(15-6-4-3-5-7-15)8-19(24)22-9-17(18(23)10-22)21-20(25)16-12-26-11-14(16)2/h3-7,11-13,17-18,23H,8-10H2,1-2H3,(H,21,25)/t13?,17-,18-/m1/s1. The van der Waals surface area contributed by atoms with E-state index in [1.807, 2.05) is 37.3 Å². The summed E-state index contributed by atoms with van der Waals surface area (Å²) in [5.41, 5.74) is 2.29. The lowest BCUT2D eigenvalue weighted by Crippen LogP contribution is -2.43. The quantitative estimate of drug-likeness (QED) is 0.859. The Morgan fingerprint density at radius 1 is 1.27 bits per heavy atom. The van der Waals surface area contributed by atoms with Crippen LogP contribution in [0.3, 0.4) is 0 Å². The van der Waals surface area contributed by atoms with E-state index in [2.05, 4.69) is 5.32 Å². The number of benzene rings is 1. The van der Waals surface area contributed by atoms with Crippen LogP contribution in [0.1, 0.15) is 40.7 Å². The van der Waals surface area contributed by atoms with E-state index in [0.29, 0.717) is 18.5 Å². The first-order valence-corrected chi connectivity index (χ1v) is 8.80. The van der Waals surface area contributed by atoms with Crippen molar-refractivity contribution in [3.8, 4) is 0 Å². The highest BCUT2D eigenvalue weighted by atomic mass is 16.3. The lowest BCUT2D eigenvalue weighted by atomic mass is 9.97. The molecule has 1 aromatic carbocycles. The summed E-state index contributed by atoms with van der Waals surface area (Å²) in [5, 5.41) is 13.0. The third-order valence-electron chi connectivity index (χ3n) is 4.91. The lowest BCUT2D eigenvalue weighted by Gasteiger charge is -2.19. The van der Waals surface area contributed by atoms with Crippen LogP contribution in [-0.4, -0.2) is 47.1 Å². The van der Waals surface area contributed by atoms with Crippen molar-refractivity contribution in [1.29, 1.82) is 0 Å². The number of furan rings is 1. The van der Waals surface area contributed by atoms with Gasteiger partial charge in [-0.05, 0) is 24.0 Å². The summed E-state index contributed by atoms with van der Waals surface area (Å²) in [6.45, 7) is 4.34. The molecule has 1 fully saturated rings. The number of nitrogens with one attached hydrogen (secondary N) is 1. The minimum Gasteiger partial charge on any atom is -0.471 e. The first-order valence-electron chi connectivity index (χ1n) is 8.80.